The molecule has 0 radical (unpaired) electrons. The van der Waals surface area contributed by atoms with Crippen LogP contribution in [-0.4, -0.2) is 22.9 Å². The zero-order valence-corrected chi connectivity index (χ0v) is 11.5. The van der Waals surface area contributed by atoms with E-state index in [1.807, 2.05) is 18.2 Å². The minimum Gasteiger partial charge on any atom is -0.508 e. The third-order valence-corrected chi connectivity index (χ3v) is 3.86. The number of fused-ring (bicyclic) bond motifs is 1. The minimum absolute atomic E-state index is 0.250. The molecule has 2 aromatic carbocycles. The van der Waals surface area contributed by atoms with Crippen molar-refractivity contribution < 1.29 is 5.11 Å². The lowest BCUT2D eigenvalue weighted by atomic mass is 10.2. The monoisotopic (exact) mass is 283 g/mol. The lowest BCUT2D eigenvalue weighted by Gasteiger charge is -2.13. The Bertz CT molecular complexity index is 665. The number of amidine groups is 1. The second-order valence-corrected chi connectivity index (χ2v) is 5.29. The van der Waals surface area contributed by atoms with Gasteiger partial charge >= 0.3 is 0 Å². The van der Waals surface area contributed by atoms with Crippen LogP contribution in [0.4, 0.5) is 5.69 Å². The van der Waals surface area contributed by atoms with Crippen LogP contribution in [0.5, 0.6) is 5.75 Å². The van der Waals surface area contributed by atoms with Crippen molar-refractivity contribution in [3.63, 3.8) is 0 Å². The fraction of sp³-hybridized carbons (Fsp3) is 0.0667. The molecule has 3 rings (SSSR count). The molecule has 20 heavy (non-hydrogen) atoms. The van der Waals surface area contributed by atoms with Gasteiger partial charge in [0.05, 0.1) is 17.7 Å². The van der Waals surface area contributed by atoms with E-state index in [0.29, 0.717) is 0 Å². The standard InChI is InChI=1S/C15H13N3OS/c19-12-7-5-11(6-8-12)9-16-18-15-10-20-14-4-2-1-3-13(14)17-15/h1-9,19H,10H2,(H,17,18)/b16-9-. The number of hydrogen-bond donors (Lipinski definition) is 2. The van der Waals surface area contributed by atoms with Gasteiger partial charge in [0, 0.05) is 4.90 Å². The molecule has 100 valence electrons. The average Bonchev–Trinajstić information content (AvgIpc) is 2.49. The molecule has 1 aliphatic heterocycles. The van der Waals surface area contributed by atoms with Crippen molar-refractivity contribution in [1.29, 1.82) is 0 Å². The predicted molar refractivity (Wildman–Crippen MR) is 83.1 cm³/mol. The summed E-state index contributed by atoms with van der Waals surface area (Å²) in [4.78, 5) is 5.72. The molecule has 0 aromatic heterocycles. The number of benzene rings is 2. The van der Waals surface area contributed by atoms with Crippen LogP contribution in [0.1, 0.15) is 5.56 Å². The number of thioether (sulfide) groups is 1. The van der Waals surface area contributed by atoms with Gasteiger partial charge in [-0.15, -0.1) is 11.8 Å². The summed E-state index contributed by atoms with van der Waals surface area (Å²) in [6.07, 6.45) is 1.70. The fourth-order valence-electron chi connectivity index (χ4n) is 1.79. The van der Waals surface area contributed by atoms with Gasteiger partial charge in [0.2, 0.25) is 0 Å². The minimum atomic E-state index is 0.250. The van der Waals surface area contributed by atoms with E-state index in [4.69, 9.17) is 0 Å². The average molecular weight is 283 g/mol. The van der Waals surface area contributed by atoms with Gasteiger partial charge in [-0.3, -0.25) is 5.43 Å². The summed E-state index contributed by atoms with van der Waals surface area (Å²) in [5.41, 5.74) is 4.86. The molecule has 0 aliphatic carbocycles. The number of aromatic hydroxyl groups is 1. The molecular weight excluding hydrogens is 270 g/mol. The highest BCUT2D eigenvalue weighted by Crippen LogP contribution is 2.32. The second kappa shape index (κ2) is 5.79. The van der Waals surface area contributed by atoms with Crippen LogP contribution < -0.4 is 5.43 Å². The molecular formula is C15H13N3OS. The summed E-state index contributed by atoms with van der Waals surface area (Å²) in [6.45, 7) is 0. The maximum Gasteiger partial charge on any atom is 0.133 e. The van der Waals surface area contributed by atoms with Crippen LogP contribution in [0.2, 0.25) is 0 Å². The maximum absolute atomic E-state index is 9.20. The van der Waals surface area contributed by atoms with Gasteiger partial charge in [-0.05, 0) is 42.0 Å². The number of rotatable bonds is 2. The Labute approximate surface area is 121 Å². The molecule has 2 aromatic rings. The highest BCUT2D eigenvalue weighted by Gasteiger charge is 2.10. The lowest BCUT2D eigenvalue weighted by molar-refractivity contribution is 0.475. The third-order valence-electron chi connectivity index (χ3n) is 2.79. The summed E-state index contributed by atoms with van der Waals surface area (Å²) < 4.78 is 0. The van der Waals surface area contributed by atoms with Crippen LogP contribution in [0.15, 0.2) is 63.5 Å². The first kappa shape index (κ1) is 12.7. The Morgan fingerprint density at radius 2 is 1.95 bits per heavy atom. The first-order chi connectivity index (χ1) is 9.81. The van der Waals surface area contributed by atoms with Gasteiger partial charge in [0.25, 0.3) is 0 Å². The summed E-state index contributed by atoms with van der Waals surface area (Å²) >= 11 is 1.74. The van der Waals surface area contributed by atoms with E-state index in [9.17, 15) is 5.11 Å². The zero-order valence-electron chi connectivity index (χ0n) is 10.7. The SMILES string of the molecule is Oc1ccc(/C=N\NC2=Nc3ccccc3SC2)cc1. The van der Waals surface area contributed by atoms with Gasteiger partial charge in [-0.1, -0.05) is 12.1 Å². The van der Waals surface area contributed by atoms with Gasteiger partial charge < -0.3 is 5.11 Å². The van der Waals surface area contributed by atoms with Crippen molar-refractivity contribution in [3.05, 3.63) is 54.1 Å². The topological polar surface area (TPSA) is 57.0 Å². The highest BCUT2D eigenvalue weighted by molar-refractivity contribution is 8.00. The predicted octanol–water partition coefficient (Wildman–Crippen LogP) is 3.15. The first-order valence-electron chi connectivity index (χ1n) is 6.19. The normalized spacial score (nSPS) is 13.9. The van der Waals surface area contributed by atoms with E-state index < -0.39 is 0 Å². The molecule has 0 atom stereocenters. The number of para-hydroxylation sites is 1. The second-order valence-electron chi connectivity index (χ2n) is 4.28. The molecule has 0 fully saturated rings. The van der Waals surface area contributed by atoms with E-state index in [2.05, 4.69) is 21.6 Å². The Morgan fingerprint density at radius 3 is 2.80 bits per heavy atom. The van der Waals surface area contributed by atoms with Crippen LogP contribution in [0.3, 0.4) is 0 Å². The van der Waals surface area contributed by atoms with Crippen molar-refractivity contribution >= 4 is 29.5 Å². The number of nitrogens with zero attached hydrogens (tertiary/aromatic N) is 2. The van der Waals surface area contributed by atoms with Crippen molar-refractivity contribution in [2.24, 2.45) is 10.1 Å². The van der Waals surface area contributed by atoms with Crippen LogP contribution in [0, 0.1) is 0 Å². The summed E-state index contributed by atoms with van der Waals surface area (Å²) in [7, 11) is 0. The molecule has 4 nitrogen and oxygen atoms in total. The maximum atomic E-state index is 9.20. The van der Waals surface area contributed by atoms with E-state index in [1.54, 1.807) is 42.2 Å². The van der Waals surface area contributed by atoms with Gasteiger partial charge in [-0.2, -0.15) is 5.10 Å². The molecule has 5 heteroatoms. The molecule has 0 saturated carbocycles. The number of nitrogens with one attached hydrogen (secondary N) is 1. The van der Waals surface area contributed by atoms with Gasteiger partial charge in [0.1, 0.15) is 11.6 Å². The van der Waals surface area contributed by atoms with Crippen molar-refractivity contribution in [1.82, 2.24) is 5.43 Å². The number of phenolic OH excluding ortho intramolecular Hbond substituents is 1. The Kier molecular flexibility index (Phi) is 3.69. The molecule has 0 amide bonds. The summed E-state index contributed by atoms with van der Waals surface area (Å²) in [6, 6.07) is 14.9. The van der Waals surface area contributed by atoms with Crippen LogP contribution in [-0.2, 0) is 0 Å². The van der Waals surface area contributed by atoms with Crippen LogP contribution >= 0.6 is 11.8 Å². The Balaban J connectivity index is 1.67. The lowest BCUT2D eigenvalue weighted by Crippen LogP contribution is -2.21. The van der Waals surface area contributed by atoms with E-state index >= 15 is 0 Å². The molecule has 0 unspecified atom stereocenters. The van der Waals surface area contributed by atoms with E-state index in [1.165, 1.54) is 4.90 Å². The van der Waals surface area contributed by atoms with E-state index in [0.717, 1.165) is 22.8 Å². The number of phenols is 1. The number of hydrazone groups is 1. The van der Waals surface area contributed by atoms with E-state index in [-0.39, 0.29) is 5.75 Å². The largest absolute Gasteiger partial charge is 0.508 e. The number of hydrogen-bond acceptors (Lipinski definition) is 5. The molecule has 0 saturated heterocycles. The fourth-order valence-corrected chi connectivity index (χ4v) is 2.65. The van der Waals surface area contributed by atoms with Crippen molar-refractivity contribution in [2.75, 3.05) is 5.75 Å². The molecule has 1 aliphatic rings. The van der Waals surface area contributed by atoms with Crippen molar-refractivity contribution in [3.8, 4) is 5.75 Å². The van der Waals surface area contributed by atoms with Gasteiger partial charge in [0.15, 0.2) is 0 Å². The molecule has 0 bridgehead atoms. The number of aliphatic imine (C=N–C) groups is 1. The molecule has 2 N–H and O–H groups in total. The molecule has 0 spiro atoms. The Hall–Kier alpha value is -2.27. The van der Waals surface area contributed by atoms with Crippen LogP contribution in [0.25, 0.3) is 0 Å². The summed E-state index contributed by atoms with van der Waals surface area (Å²) in [5.74, 6) is 1.87. The zero-order chi connectivity index (χ0) is 13.8. The van der Waals surface area contributed by atoms with Crippen molar-refractivity contribution in [2.45, 2.75) is 4.90 Å². The highest BCUT2D eigenvalue weighted by atomic mass is 32.2. The Morgan fingerprint density at radius 1 is 1.15 bits per heavy atom. The third kappa shape index (κ3) is 3.00. The molecule has 1 heterocycles. The quantitative estimate of drug-likeness (QED) is 0.657. The summed E-state index contributed by atoms with van der Waals surface area (Å²) in [5, 5.41) is 13.4. The first-order valence-corrected chi connectivity index (χ1v) is 7.17. The van der Waals surface area contributed by atoms with Gasteiger partial charge in [-0.25, -0.2) is 4.99 Å². The smallest absolute Gasteiger partial charge is 0.133 e.